The second-order valence-corrected chi connectivity index (χ2v) is 6.66. The number of hydrogen-bond acceptors (Lipinski definition) is 5. The Morgan fingerprint density at radius 3 is 2.48 bits per heavy atom. The molecule has 2 aromatic rings. The summed E-state index contributed by atoms with van der Waals surface area (Å²) in [4.78, 5) is 23.6. The van der Waals surface area contributed by atoms with Crippen molar-refractivity contribution in [2.24, 2.45) is 5.73 Å². The molecule has 0 heterocycles. The zero-order chi connectivity index (χ0) is 19.8. The molecule has 0 atom stereocenters. The highest BCUT2D eigenvalue weighted by atomic mass is 79.9. The summed E-state index contributed by atoms with van der Waals surface area (Å²) in [5.74, 6) is -0.524. The Labute approximate surface area is 170 Å². The predicted molar refractivity (Wildman–Crippen MR) is 110 cm³/mol. The van der Waals surface area contributed by atoms with Crippen molar-refractivity contribution in [2.45, 2.75) is 0 Å². The molecule has 0 aliphatic carbocycles. The van der Waals surface area contributed by atoms with Crippen LogP contribution in [0.4, 0.5) is 5.69 Å². The van der Waals surface area contributed by atoms with Gasteiger partial charge >= 0.3 is 0 Å². The zero-order valence-corrected chi connectivity index (χ0v) is 16.9. The minimum atomic E-state index is -0.520. The Morgan fingerprint density at radius 1 is 1.15 bits per heavy atom. The number of carbonyl (C=O) groups is 2. The third-order valence-electron chi connectivity index (χ3n) is 3.39. The maximum atomic E-state index is 12.6. The van der Waals surface area contributed by atoms with E-state index in [9.17, 15) is 9.59 Å². The number of nitrogens with one attached hydrogen (secondary N) is 2. The van der Waals surface area contributed by atoms with Crippen molar-refractivity contribution in [1.29, 1.82) is 0 Å². The molecule has 0 bridgehead atoms. The fourth-order valence-corrected chi connectivity index (χ4v) is 2.66. The summed E-state index contributed by atoms with van der Waals surface area (Å²) in [6, 6.07) is 11.5. The van der Waals surface area contributed by atoms with Crippen LogP contribution in [0.2, 0.25) is 0 Å². The Bertz CT molecular complexity index is 843. The Kier molecular flexibility index (Phi) is 7.71. The molecular weight excluding hydrogens is 434 g/mol. The van der Waals surface area contributed by atoms with Crippen LogP contribution < -0.4 is 21.1 Å². The molecule has 0 saturated carbocycles. The molecule has 9 heteroatoms. The van der Waals surface area contributed by atoms with Crippen LogP contribution in [0.5, 0.6) is 5.75 Å². The number of primary amides is 1. The van der Waals surface area contributed by atoms with Crippen LogP contribution in [0, 0.1) is 0 Å². The number of ether oxygens (including phenoxy) is 2. The van der Waals surface area contributed by atoms with E-state index < -0.39 is 11.8 Å². The number of hydrogen-bond donors (Lipinski definition) is 3. The van der Waals surface area contributed by atoms with Crippen molar-refractivity contribution < 1.29 is 19.1 Å². The quantitative estimate of drug-likeness (QED) is 0.441. The van der Waals surface area contributed by atoms with E-state index in [2.05, 4.69) is 26.6 Å². The normalized spacial score (nSPS) is 10.1. The van der Waals surface area contributed by atoms with Crippen molar-refractivity contribution >= 4 is 50.8 Å². The van der Waals surface area contributed by atoms with Crippen LogP contribution in [-0.2, 0) is 4.74 Å². The minimum Gasteiger partial charge on any atom is -0.490 e. The topological polar surface area (TPSA) is 103 Å². The maximum absolute atomic E-state index is 12.6. The lowest BCUT2D eigenvalue weighted by molar-refractivity contribution is 0.0967. The number of benzene rings is 2. The summed E-state index contributed by atoms with van der Waals surface area (Å²) in [6.07, 6.45) is 0. The first-order valence-electron chi connectivity index (χ1n) is 7.84. The molecule has 0 spiro atoms. The summed E-state index contributed by atoms with van der Waals surface area (Å²) in [5.41, 5.74) is 6.51. The fraction of sp³-hybridized carbons (Fsp3) is 0.167. The smallest absolute Gasteiger partial charge is 0.261 e. The summed E-state index contributed by atoms with van der Waals surface area (Å²) in [7, 11) is 1.57. The van der Waals surface area contributed by atoms with E-state index in [0.29, 0.717) is 35.8 Å². The van der Waals surface area contributed by atoms with Gasteiger partial charge in [0.25, 0.3) is 5.91 Å². The van der Waals surface area contributed by atoms with Gasteiger partial charge in [0.2, 0.25) is 5.91 Å². The van der Waals surface area contributed by atoms with Gasteiger partial charge < -0.3 is 20.5 Å². The van der Waals surface area contributed by atoms with E-state index >= 15 is 0 Å². The SMILES string of the molecule is COCCOc1ccc(Br)cc1C(=O)NC(=S)Nc1ccc(C(N)=O)cc1. The van der Waals surface area contributed by atoms with Crippen LogP contribution in [-0.4, -0.2) is 37.3 Å². The van der Waals surface area contributed by atoms with Gasteiger partial charge in [0, 0.05) is 22.8 Å². The number of halogens is 1. The van der Waals surface area contributed by atoms with Crippen molar-refractivity contribution in [1.82, 2.24) is 5.32 Å². The highest BCUT2D eigenvalue weighted by Gasteiger charge is 2.15. The van der Waals surface area contributed by atoms with Gasteiger partial charge in [0.1, 0.15) is 12.4 Å². The van der Waals surface area contributed by atoms with Gasteiger partial charge in [-0.3, -0.25) is 14.9 Å². The standard InChI is InChI=1S/C18H18BrN3O4S/c1-25-8-9-26-15-7-4-12(19)10-14(15)17(24)22-18(27)21-13-5-2-11(3-6-13)16(20)23/h2-7,10H,8-9H2,1H3,(H2,20,23)(H2,21,22,24,27). The van der Waals surface area contributed by atoms with Gasteiger partial charge in [-0.05, 0) is 54.7 Å². The maximum Gasteiger partial charge on any atom is 0.261 e. The van der Waals surface area contributed by atoms with E-state index in [4.69, 9.17) is 27.4 Å². The summed E-state index contributed by atoms with van der Waals surface area (Å²) < 4.78 is 11.3. The molecule has 142 valence electrons. The van der Waals surface area contributed by atoms with Crippen LogP contribution in [0.15, 0.2) is 46.9 Å². The second kappa shape index (κ2) is 10.0. The number of anilines is 1. The first-order chi connectivity index (χ1) is 12.9. The van der Waals surface area contributed by atoms with E-state index in [-0.39, 0.29) is 5.11 Å². The Hall–Kier alpha value is -2.49. The third-order valence-corrected chi connectivity index (χ3v) is 4.08. The van der Waals surface area contributed by atoms with Crippen LogP contribution in [0.25, 0.3) is 0 Å². The molecule has 0 radical (unpaired) electrons. The fourth-order valence-electron chi connectivity index (χ4n) is 2.09. The number of rotatable bonds is 7. The van der Waals surface area contributed by atoms with E-state index in [0.717, 1.165) is 4.47 Å². The lowest BCUT2D eigenvalue weighted by Crippen LogP contribution is -2.34. The highest BCUT2D eigenvalue weighted by molar-refractivity contribution is 9.10. The molecule has 0 aromatic heterocycles. The molecule has 0 unspecified atom stereocenters. The van der Waals surface area contributed by atoms with Gasteiger partial charge in [-0.15, -0.1) is 0 Å². The molecule has 0 aliphatic rings. The van der Waals surface area contributed by atoms with E-state index in [1.807, 2.05) is 0 Å². The largest absolute Gasteiger partial charge is 0.490 e. The van der Waals surface area contributed by atoms with E-state index in [1.165, 1.54) is 0 Å². The van der Waals surface area contributed by atoms with Crippen LogP contribution >= 0.6 is 28.1 Å². The van der Waals surface area contributed by atoms with Crippen LogP contribution in [0.3, 0.4) is 0 Å². The number of amides is 2. The average molecular weight is 452 g/mol. The van der Waals surface area contributed by atoms with Crippen LogP contribution in [0.1, 0.15) is 20.7 Å². The highest BCUT2D eigenvalue weighted by Crippen LogP contribution is 2.23. The van der Waals surface area contributed by atoms with Gasteiger partial charge in [-0.25, -0.2) is 0 Å². The number of nitrogens with two attached hydrogens (primary N) is 1. The molecule has 4 N–H and O–H groups in total. The van der Waals surface area contributed by atoms with E-state index in [1.54, 1.807) is 49.6 Å². The van der Waals surface area contributed by atoms with Crippen molar-refractivity contribution in [3.8, 4) is 5.75 Å². The molecule has 0 fully saturated rings. The molecular formula is C18H18BrN3O4S. The molecule has 2 amide bonds. The first kappa shape index (κ1) is 20.8. The Morgan fingerprint density at radius 2 is 1.85 bits per heavy atom. The van der Waals surface area contributed by atoms with Gasteiger partial charge in [-0.2, -0.15) is 0 Å². The second-order valence-electron chi connectivity index (χ2n) is 5.33. The lowest BCUT2D eigenvalue weighted by Gasteiger charge is -2.13. The van der Waals surface area contributed by atoms with Crippen molar-refractivity contribution in [3.05, 3.63) is 58.1 Å². The van der Waals surface area contributed by atoms with Gasteiger partial charge in [-0.1, -0.05) is 15.9 Å². The summed E-state index contributed by atoms with van der Waals surface area (Å²) in [5, 5.41) is 5.57. The molecule has 2 aromatic carbocycles. The van der Waals surface area contributed by atoms with Gasteiger partial charge in [0.05, 0.1) is 12.2 Å². The zero-order valence-electron chi connectivity index (χ0n) is 14.5. The predicted octanol–water partition coefficient (Wildman–Crippen LogP) is 2.70. The molecule has 7 nitrogen and oxygen atoms in total. The molecule has 27 heavy (non-hydrogen) atoms. The third kappa shape index (κ3) is 6.31. The average Bonchev–Trinajstić information content (AvgIpc) is 2.63. The molecule has 2 rings (SSSR count). The molecule has 0 saturated heterocycles. The monoisotopic (exact) mass is 451 g/mol. The van der Waals surface area contributed by atoms with Crippen molar-refractivity contribution in [3.63, 3.8) is 0 Å². The summed E-state index contributed by atoms with van der Waals surface area (Å²) >= 11 is 8.51. The lowest BCUT2D eigenvalue weighted by atomic mass is 10.2. The number of carbonyl (C=O) groups excluding carboxylic acids is 2. The number of methoxy groups -OCH3 is 1. The summed E-state index contributed by atoms with van der Waals surface area (Å²) in [6.45, 7) is 0.714. The molecule has 0 aliphatic heterocycles. The first-order valence-corrected chi connectivity index (χ1v) is 9.04. The van der Waals surface area contributed by atoms with Gasteiger partial charge in [0.15, 0.2) is 5.11 Å². The minimum absolute atomic E-state index is 0.106. The Balaban J connectivity index is 2.04. The van der Waals surface area contributed by atoms with Crippen molar-refractivity contribution in [2.75, 3.05) is 25.6 Å². The number of thiocarbonyl (C=S) groups is 1.